The molecule has 4 amide bonds. The minimum Gasteiger partial charge on any atom is -0.341 e. The van der Waals surface area contributed by atoms with Gasteiger partial charge < -0.3 is 10.6 Å². The summed E-state index contributed by atoms with van der Waals surface area (Å²) in [4.78, 5) is 26.2. The number of amidine groups is 1. The molecular weight excluding hydrogens is 288 g/mol. The van der Waals surface area contributed by atoms with Crippen LogP contribution in [0.15, 0.2) is 35.3 Å². The van der Waals surface area contributed by atoms with Crippen LogP contribution in [-0.4, -0.2) is 31.3 Å². The third-order valence-corrected chi connectivity index (χ3v) is 3.03. The first-order valence-corrected chi connectivity index (χ1v) is 7.60. The molecular formula is C14H22N4O2S. The highest BCUT2D eigenvalue weighted by molar-refractivity contribution is 8.13. The smallest absolute Gasteiger partial charge is 0.341 e. The summed E-state index contributed by atoms with van der Waals surface area (Å²) in [5, 5.41) is 7.54. The SMILES string of the molecule is CC.CNC(=O)N=C(NC(=O)NC)SCc1ccccc1. The molecule has 0 aliphatic heterocycles. The number of benzene rings is 1. The van der Waals surface area contributed by atoms with Crippen molar-refractivity contribution in [3.8, 4) is 0 Å². The molecule has 1 aromatic rings. The van der Waals surface area contributed by atoms with Crippen LogP contribution in [0.3, 0.4) is 0 Å². The number of carbonyl (C=O) groups is 2. The van der Waals surface area contributed by atoms with Crippen molar-refractivity contribution in [3.63, 3.8) is 0 Å². The van der Waals surface area contributed by atoms with Gasteiger partial charge >= 0.3 is 12.1 Å². The fourth-order valence-corrected chi connectivity index (χ4v) is 1.94. The van der Waals surface area contributed by atoms with Crippen LogP contribution >= 0.6 is 11.8 Å². The molecule has 0 aliphatic rings. The highest BCUT2D eigenvalue weighted by Crippen LogP contribution is 2.12. The van der Waals surface area contributed by atoms with Crippen LogP contribution in [-0.2, 0) is 5.75 Å². The third-order valence-electron chi connectivity index (χ3n) is 2.08. The fraction of sp³-hybridized carbons (Fsp3) is 0.357. The maximum absolute atomic E-state index is 11.3. The third kappa shape index (κ3) is 8.69. The molecule has 0 saturated heterocycles. The van der Waals surface area contributed by atoms with Crippen LogP contribution in [0.2, 0.25) is 0 Å². The Kier molecular flexibility index (Phi) is 10.6. The molecule has 0 bridgehead atoms. The minimum atomic E-state index is -0.507. The highest BCUT2D eigenvalue weighted by Gasteiger charge is 2.07. The highest BCUT2D eigenvalue weighted by atomic mass is 32.2. The zero-order chi connectivity index (χ0) is 16.1. The van der Waals surface area contributed by atoms with Crippen molar-refractivity contribution in [2.24, 2.45) is 4.99 Å². The normalized spacial score (nSPS) is 10.0. The molecule has 0 radical (unpaired) electrons. The standard InChI is InChI=1S/C12H16N4O2S.C2H6/c1-13-10(17)15-12(16-11(18)14-2)19-8-9-6-4-3-5-7-9;1-2/h3-7H,8H2,1-2H3,(H3,13,14,15,16,17,18);1-2H3. The van der Waals surface area contributed by atoms with E-state index in [1.165, 1.54) is 25.9 Å². The summed E-state index contributed by atoms with van der Waals surface area (Å²) in [7, 11) is 2.97. The molecule has 116 valence electrons. The Morgan fingerprint density at radius 1 is 1.10 bits per heavy atom. The van der Waals surface area contributed by atoms with Gasteiger partial charge in [0.25, 0.3) is 0 Å². The van der Waals surface area contributed by atoms with E-state index in [9.17, 15) is 9.59 Å². The summed E-state index contributed by atoms with van der Waals surface area (Å²) >= 11 is 1.28. The molecule has 21 heavy (non-hydrogen) atoms. The fourth-order valence-electron chi connectivity index (χ4n) is 1.13. The van der Waals surface area contributed by atoms with Crippen molar-refractivity contribution < 1.29 is 9.59 Å². The van der Waals surface area contributed by atoms with E-state index in [4.69, 9.17) is 0 Å². The van der Waals surface area contributed by atoms with Crippen LogP contribution < -0.4 is 16.0 Å². The zero-order valence-electron chi connectivity index (χ0n) is 12.8. The van der Waals surface area contributed by atoms with Gasteiger partial charge in [0.1, 0.15) is 0 Å². The van der Waals surface area contributed by atoms with E-state index in [1.54, 1.807) is 0 Å². The average molecular weight is 310 g/mol. The molecule has 0 saturated carbocycles. The number of hydrogen-bond donors (Lipinski definition) is 3. The van der Waals surface area contributed by atoms with Crippen LogP contribution in [0.4, 0.5) is 9.59 Å². The molecule has 6 nitrogen and oxygen atoms in total. The number of urea groups is 2. The molecule has 1 aromatic carbocycles. The molecule has 0 fully saturated rings. The van der Waals surface area contributed by atoms with E-state index in [0.29, 0.717) is 5.75 Å². The summed E-state index contributed by atoms with van der Waals surface area (Å²) in [5.41, 5.74) is 1.08. The van der Waals surface area contributed by atoms with E-state index in [-0.39, 0.29) is 5.17 Å². The van der Waals surface area contributed by atoms with Crippen LogP contribution in [0.25, 0.3) is 0 Å². The van der Waals surface area contributed by atoms with Crippen LogP contribution in [0, 0.1) is 0 Å². The molecule has 0 atom stereocenters. The van der Waals surface area contributed by atoms with Gasteiger partial charge in [-0.15, -0.1) is 0 Å². The number of nitrogens with zero attached hydrogens (tertiary/aromatic N) is 1. The van der Waals surface area contributed by atoms with E-state index in [0.717, 1.165) is 5.56 Å². The van der Waals surface area contributed by atoms with E-state index >= 15 is 0 Å². The van der Waals surface area contributed by atoms with Gasteiger partial charge in [-0.05, 0) is 5.56 Å². The predicted octanol–water partition coefficient (Wildman–Crippen LogP) is 2.57. The summed E-state index contributed by atoms with van der Waals surface area (Å²) in [6, 6.07) is 8.79. The Bertz CT molecular complexity index is 463. The van der Waals surface area contributed by atoms with Gasteiger partial charge in [0.15, 0.2) is 5.17 Å². The number of amides is 4. The van der Waals surface area contributed by atoms with Gasteiger partial charge in [0.05, 0.1) is 0 Å². The van der Waals surface area contributed by atoms with Gasteiger partial charge in [0, 0.05) is 19.8 Å². The molecule has 0 heterocycles. The molecule has 7 heteroatoms. The van der Waals surface area contributed by atoms with Crippen LogP contribution in [0.1, 0.15) is 19.4 Å². The van der Waals surface area contributed by atoms with Gasteiger partial charge in [-0.25, -0.2) is 9.59 Å². The monoisotopic (exact) mass is 310 g/mol. The molecule has 0 unspecified atom stereocenters. The lowest BCUT2D eigenvalue weighted by Gasteiger charge is -2.07. The van der Waals surface area contributed by atoms with Crippen LogP contribution in [0.5, 0.6) is 0 Å². The molecule has 0 spiro atoms. The quantitative estimate of drug-likeness (QED) is 0.580. The Morgan fingerprint density at radius 3 is 2.24 bits per heavy atom. The lowest BCUT2D eigenvalue weighted by molar-refractivity contribution is 0.247. The summed E-state index contributed by atoms with van der Waals surface area (Å²) in [6.07, 6.45) is 0. The number of nitrogens with one attached hydrogen (secondary N) is 3. The number of thioether (sulfide) groups is 1. The topological polar surface area (TPSA) is 82.6 Å². The molecule has 3 N–H and O–H groups in total. The van der Waals surface area contributed by atoms with Gasteiger partial charge in [-0.1, -0.05) is 55.9 Å². The van der Waals surface area contributed by atoms with Crippen molar-refractivity contribution >= 4 is 29.0 Å². The maximum atomic E-state index is 11.3. The largest absolute Gasteiger partial charge is 0.343 e. The zero-order valence-corrected chi connectivity index (χ0v) is 13.6. The van der Waals surface area contributed by atoms with Crippen molar-refractivity contribution in [1.82, 2.24) is 16.0 Å². The molecule has 0 aliphatic carbocycles. The van der Waals surface area contributed by atoms with Crippen molar-refractivity contribution in [2.45, 2.75) is 19.6 Å². The predicted molar refractivity (Wildman–Crippen MR) is 88.6 cm³/mol. The van der Waals surface area contributed by atoms with Gasteiger partial charge in [-0.3, -0.25) is 5.32 Å². The molecule has 1 rings (SSSR count). The summed E-state index contributed by atoms with van der Waals surface area (Å²) < 4.78 is 0. The number of hydrogen-bond acceptors (Lipinski definition) is 3. The molecule has 0 aromatic heterocycles. The number of carbonyl (C=O) groups excluding carboxylic acids is 2. The van der Waals surface area contributed by atoms with Gasteiger partial charge in [-0.2, -0.15) is 4.99 Å². The second-order valence-corrected chi connectivity index (χ2v) is 4.41. The Balaban J connectivity index is 0.00000191. The summed E-state index contributed by atoms with van der Waals surface area (Å²) in [6.45, 7) is 4.00. The van der Waals surface area contributed by atoms with E-state index < -0.39 is 12.1 Å². The van der Waals surface area contributed by atoms with Crippen molar-refractivity contribution in [2.75, 3.05) is 14.1 Å². The van der Waals surface area contributed by atoms with Gasteiger partial charge in [0.2, 0.25) is 0 Å². The first-order valence-electron chi connectivity index (χ1n) is 6.61. The lowest BCUT2D eigenvalue weighted by Crippen LogP contribution is -2.37. The van der Waals surface area contributed by atoms with Crippen molar-refractivity contribution in [3.05, 3.63) is 35.9 Å². The Morgan fingerprint density at radius 2 is 1.71 bits per heavy atom. The second-order valence-electron chi connectivity index (χ2n) is 3.45. The second kappa shape index (κ2) is 11.8. The van der Waals surface area contributed by atoms with E-state index in [1.807, 2.05) is 44.2 Å². The number of rotatable bonds is 2. The number of aliphatic imine (C=N–C) groups is 1. The summed E-state index contributed by atoms with van der Waals surface area (Å²) in [5.74, 6) is 0.612. The Labute approximate surface area is 129 Å². The Hall–Kier alpha value is -2.02. The first-order chi connectivity index (χ1) is 10.2. The minimum absolute atomic E-state index is 0.252. The van der Waals surface area contributed by atoms with Crippen molar-refractivity contribution in [1.29, 1.82) is 0 Å². The maximum Gasteiger partial charge on any atom is 0.343 e. The average Bonchev–Trinajstić information content (AvgIpc) is 2.55. The lowest BCUT2D eigenvalue weighted by atomic mass is 10.2. The first kappa shape index (κ1) is 19.0. The van der Waals surface area contributed by atoms with E-state index in [2.05, 4.69) is 20.9 Å².